The third-order valence-corrected chi connectivity index (χ3v) is 5.27. The highest BCUT2D eigenvalue weighted by molar-refractivity contribution is 9.10. The summed E-state index contributed by atoms with van der Waals surface area (Å²) in [6, 6.07) is 14.3. The number of rotatable bonds is 4. The van der Waals surface area contributed by atoms with Crippen molar-refractivity contribution in [2.75, 3.05) is 0 Å². The highest BCUT2D eigenvalue weighted by Crippen LogP contribution is 2.36. The molecule has 0 aliphatic rings. The molecular formula is C17H19BrClNS. The normalized spacial score (nSPS) is 11.7. The number of hydrogen-bond acceptors (Lipinski definition) is 2. The molecule has 1 N–H and O–H groups in total. The lowest BCUT2D eigenvalue weighted by molar-refractivity contribution is 0.422. The maximum atomic E-state index is 6.15. The van der Waals surface area contributed by atoms with Crippen LogP contribution in [0.2, 0.25) is 5.02 Å². The fourth-order valence-corrected chi connectivity index (χ4v) is 3.46. The zero-order valence-electron chi connectivity index (χ0n) is 12.4. The average Bonchev–Trinajstić information content (AvgIpc) is 2.40. The van der Waals surface area contributed by atoms with E-state index in [1.165, 1.54) is 15.4 Å². The molecule has 0 aliphatic heterocycles. The Bertz CT molecular complexity index is 622. The second-order valence-electron chi connectivity index (χ2n) is 5.89. The molecule has 1 nitrogen and oxygen atoms in total. The van der Waals surface area contributed by atoms with Gasteiger partial charge in [-0.3, -0.25) is 0 Å². The van der Waals surface area contributed by atoms with Crippen LogP contribution in [0.1, 0.15) is 26.3 Å². The predicted molar refractivity (Wildman–Crippen MR) is 96.3 cm³/mol. The standard InChI is InChI=1S/C17H19BrClNS/c1-17(2,3)20-11-12-10-13(19)8-9-15(12)21-16-7-5-4-6-14(16)18/h4-10,20H,11H2,1-3H3. The van der Waals surface area contributed by atoms with Crippen molar-refractivity contribution in [1.29, 1.82) is 0 Å². The molecule has 0 aromatic heterocycles. The van der Waals surface area contributed by atoms with Crippen LogP contribution in [0, 0.1) is 0 Å². The summed E-state index contributed by atoms with van der Waals surface area (Å²) in [4.78, 5) is 2.43. The topological polar surface area (TPSA) is 12.0 Å². The van der Waals surface area contributed by atoms with Crippen molar-refractivity contribution >= 4 is 39.3 Å². The predicted octanol–water partition coefficient (Wildman–Crippen LogP) is 6.14. The zero-order chi connectivity index (χ0) is 15.5. The summed E-state index contributed by atoms with van der Waals surface area (Å²) in [5.41, 5.74) is 1.30. The Morgan fingerprint density at radius 3 is 2.48 bits per heavy atom. The van der Waals surface area contributed by atoms with E-state index in [2.05, 4.69) is 66.3 Å². The lowest BCUT2D eigenvalue weighted by Crippen LogP contribution is -2.35. The Labute approximate surface area is 144 Å². The van der Waals surface area contributed by atoms with Crippen molar-refractivity contribution in [1.82, 2.24) is 5.32 Å². The van der Waals surface area contributed by atoms with Crippen molar-refractivity contribution in [2.24, 2.45) is 0 Å². The Kier molecular flexibility index (Phi) is 5.78. The van der Waals surface area contributed by atoms with Gasteiger partial charge >= 0.3 is 0 Å². The molecule has 0 fully saturated rings. The summed E-state index contributed by atoms with van der Waals surface area (Å²) < 4.78 is 1.11. The highest BCUT2D eigenvalue weighted by atomic mass is 79.9. The van der Waals surface area contributed by atoms with Gasteiger partial charge in [-0.25, -0.2) is 0 Å². The smallest absolute Gasteiger partial charge is 0.0410 e. The summed E-state index contributed by atoms with van der Waals surface area (Å²) >= 11 is 11.5. The summed E-state index contributed by atoms with van der Waals surface area (Å²) in [7, 11) is 0. The van der Waals surface area contributed by atoms with E-state index >= 15 is 0 Å². The van der Waals surface area contributed by atoms with Crippen LogP contribution in [0.5, 0.6) is 0 Å². The molecule has 112 valence electrons. The van der Waals surface area contributed by atoms with Crippen molar-refractivity contribution < 1.29 is 0 Å². The van der Waals surface area contributed by atoms with Gasteiger partial charge in [0.25, 0.3) is 0 Å². The first kappa shape index (κ1) is 16.9. The molecule has 0 heterocycles. The second kappa shape index (κ2) is 7.19. The number of halogens is 2. The Morgan fingerprint density at radius 1 is 1.10 bits per heavy atom. The van der Waals surface area contributed by atoms with Gasteiger partial charge in [-0.15, -0.1) is 0 Å². The first-order chi connectivity index (χ1) is 9.85. The molecule has 0 unspecified atom stereocenters. The van der Waals surface area contributed by atoms with Gasteiger partial charge in [0, 0.05) is 31.4 Å². The van der Waals surface area contributed by atoms with Gasteiger partial charge in [-0.05, 0) is 72.6 Å². The third kappa shape index (κ3) is 5.33. The molecule has 0 radical (unpaired) electrons. The van der Waals surface area contributed by atoms with Gasteiger partial charge in [0.05, 0.1) is 0 Å². The summed E-state index contributed by atoms with van der Waals surface area (Å²) in [5.74, 6) is 0. The van der Waals surface area contributed by atoms with Crippen LogP contribution in [0.3, 0.4) is 0 Å². The summed E-state index contributed by atoms with van der Waals surface area (Å²) in [6.07, 6.45) is 0. The molecule has 0 saturated carbocycles. The van der Waals surface area contributed by atoms with Gasteiger partial charge in [0.1, 0.15) is 0 Å². The maximum Gasteiger partial charge on any atom is 0.0410 e. The van der Waals surface area contributed by atoms with Crippen LogP contribution in [0.15, 0.2) is 56.7 Å². The third-order valence-electron chi connectivity index (χ3n) is 2.89. The van der Waals surface area contributed by atoms with Gasteiger partial charge in [0.15, 0.2) is 0 Å². The molecule has 0 atom stereocenters. The molecule has 2 aromatic rings. The first-order valence-electron chi connectivity index (χ1n) is 6.81. The van der Waals surface area contributed by atoms with Crippen LogP contribution in [0.4, 0.5) is 0 Å². The fourth-order valence-electron chi connectivity index (χ4n) is 1.79. The minimum absolute atomic E-state index is 0.0809. The van der Waals surface area contributed by atoms with Crippen LogP contribution in [0.25, 0.3) is 0 Å². The van der Waals surface area contributed by atoms with Crippen molar-refractivity contribution in [3.8, 4) is 0 Å². The average molecular weight is 385 g/mol. The molecule has 4 heteroatoms. The van der Waals surface area contributed by atoms with E-state index in [1.807, 2.05) is 18.2 Å². The molecule has 0 bridgehead atoms. The minimum atomic E-state index is 0.0809. The van der Waals surface area contributed by atoms with Crippen LogP contribution in [-0.4, -0.2) is 5.54 Å². The lowest BCUT2D eigenvalue weighted by Gasteiger charge is -2.21. The van der Waals surface area contributed by atoms with E-state index < -0.39 is 0 Å². The quantitative estimate of drug-likeness (QED) is 0.679. The number of nitrogens with one attached hydrogen (secondary N) is 1. The first-order valence-corrected chi connectivity index (χ1v) is 8.80. The van der Waals surface area contributed by atoms with Crippen molar-refractivity contribution in [3.05, 3.63) is 57.5 Å². The molecule has 0 saturated heterocycles. The van der Waals surface area contributed by atoms with E-state index in [1.54, 1.807) is 11.8 Å². The largest absolute Gasteiger partial charge is 0.308 e. The molecule has 2 aromatic carbocycles. The molecule has 0 spiro atoms. The summed E-state index contributed by atoms with van der Waals surface area (Å²) in [6.45, 7) is 7.30. The van der Waals surface area contributed by atoms with Gasteiger partial charge in [-0.2, -0.15) is 0 Å². The van der Waals surface area contributed by atoms with E-state index in [0.717, 1.165) is 16.0 Å². The Hall–Kier alpha value is -0.480. The van der Waals surface area contributed by atoms with Crippen molar-refractivity contribution in [2.45, 2.75) is 42.6 Å². The molecule has 21 heavy (non-hydrogen) atoms. The van der Waals surface area contributed by atoms with Gasteiger partial charge in [0.2, 0.25) is 0 Å². The SMILES string of the molecule is CC(C)(C)NCc1cc(Cl)ccc1Sc1ccccc1Br. The number of benzene rings is 2. The lowest BCUT2D eigenvalue weighted by atomic mass is 10.1. The molecule has 0 amide bonds. The zero-order valence-corrected chi connectivity index (χ0v) is 15.6. The number of hydrogen-bond donors (Lipinski definition) is 1. The van der Waals surface area contributed by atoms with Gasteiger partial charge in [-0.1, -0.05) is 35.5 Å². The minimum Gasteiger partial charge on any atom is -0.308 e. The monoisotopic (exact) mass is 383 g/mol. The summed E-state index contributed by atoms with van der Waals surface area (Å²) in [5, 5.41) is 4.30. The Balaban J connectivity index is 2.25. The van der Waals surface area contributed by atoms with Gasteiger partial charge < -0.3 is 5.32 Å². The second-order valence-corrected chi connectivity index (χ2v) is 8.26. The van der Waals surface area contributed by atoms with Crippen molar-refractivity contribution in [3.63, 3.8) is 0 Å². The molecule has 0 aliphatic carbocycles. The molecular weight excluding hydrogens is 366 g/mol. The maximum absolute atomic E-state index is 6.15. The van der Waals surface area contributed by atoms with E-state index in [-0.39, 0.29) is 5.54 Å². The van der Waals surface area contributed by atoms with E-state index in [0.29, 0.717) is 0 Å². The van der Waals surface area contributed by atoms with Crippen LogP contribution < -0.4 is 5.32 Å². The highest BCUT2D eigenvalue weighted by Gasteiger charge is 2.12. The Morgan fingerprint density at radius 2 is 1.81 bits per heavy atom. The van der Waals surface area contributed by atoms with Crippen LogP contribution in [-0.2, 0) is 6.54 Å². The van der Waals surface area contributed by atoms with Crippen LogP contribution >= 0.6 is 39.3 Å². The molecule has 2 rings (SSSR count). The van der Waals surface area contributed by atoms with E-state index in [9.17, 15) is 0 Å². The van der Waals surface area contributed by atoms with E-state index in [4.69, 9.17) is 11.6 Å². The fraction of sp³-hybridized carbons (Fsp3) is 0.294.